The first kappa shape index (κ1) is 13.2. The van der Waals surface area contributed by atoms with Gasteiger partial charge in [-0.05, 0) is 25.5 Å². The van der Waals surface area contributed by atoms with Crippen molar-refractivity contribution < 1.29 is 9.32 Å². The lowest BCUT2D eigenvalue weighted by Crippen LogP contribution is -2.32. The Hall–Kier alpha value is -1.75. The van der Waals surface area contributed by atoms with Crippen LogP contribution >= 0.6 is 11.8 Å². The summed E-state index contributed by atoms with van der Waals surface area (Å²) in [5, 5.41) is 4.33. The predicted octanol–water partition coefficient (Wildman–Crippen LogP) is 3.51. The maximum Gasteiger partial charge on any atom is 0.280 e. The molecular weight excluding hydrogens is 272 g/mol. The van der Waals surface area contributed by atoms with E-state index in [1.807, 2.05) is 34.9 Å². The van der Waals surface area contributed by atoms with Crippen LogP contribution < -0.4 is 4.90 Å². The molecule has 1 atom stereocenters. The van der Waals surface area contributed by atoms with Crippen molar-refractivity contribution in [3.05, 3.63) is 41.8 Å². The maximum atomic E-state index is 12.6. The number of para-hydroxylation sites is 1. The zero-order chi connectivity index (χ0) is 14.1. The fraction of sp³-hybridized carbons (Fsp3) is 0.333. The second-order valence-corrected chi connectivity index (χ2v) is 6.44. The highest BCUT2D eigenvalue weighted by Crippen LogP contribution is 2.37. The van der Waals surface area contributed by atoms with Gasteiger partial charge in [0, 0.05) is 22.8 Å². The summed E-state index contributed by atoms with van der Waals surface area (Å²) in [5.74, 6) is 0.559. The van der Waals surface area contributed by atoms with Gasteiger partial charge in [0.15, 0.2) is 5.69 Å². The summed E-state index contributed by atoms with van der Waals surface area (Å²) >= 11 is 1.82. The van der Waals surface area contributed by atoms with E-state index in [0.717, 1.165) is 17.0 Å². The molecule has 0 N–H and O–H groups in total. The van der Waals surface area contributed by atoms with Crippen LogP contribution in [-0.2, 0) is 0 Å². The molecule has 20 heavy (non-hydrogen) atoms. The minimum absolute atomic E-state index is 0.0935. The highest BCUT2D eigenvalue weighted by Gasteiger charge is 2.26. The van der Waals surface area contributed by atoms with E-state index in [9.17, 15) is 4.79 Å². The number of hydrogen-bond donors (Lipinski definition) is 0. The molecule has 1 aromatic carbocycles. The van der Waals surface area contributed by atoms with Crippen molar-refractivity contribution in [2.24, 2.45) is 0 Å². The van der Waals surface area contributed by atoms with Gasteiger partial charge in [-0.25, -0.2) is 0 Å². The highest BCUT2D eigenvalue weighted by atomic mass is 32.2. The molecule has 2 heterocycles. The van der Waals surface area contributed by atoms with Crippen molar-refractivity contribution in [2.75, 3.05) is 11.4 Å². The molecule has 4 nitrogen and oxygen atoms in total. The number of carbonyl (C=O) groups excluding carboxylic acids is 1. The zero-order valence-corrected chi connectivity index (χ0v) is 12.3. The number of nitrogens with zero attached hydrogens (tertiary/aromatic N) is 2. The Morgan fingerprint density at radius 3 is 3.00 bits per heavy atom. The second kappa shape index (κ2) is 5.32. The largest absolute Gasteiger partial charge is 0.361 e. The van der Waals surface area contributed by atoms with E-state index in [-0.39, 0.29) is 5.91 Å². The van der Waals surface area contributed by atoms with Crippen molar-refractivity contribution in [3.63, 3.8) is 0 Å². The minimum Gasteiger partial charge on any atom is -0.361 e. The van der Waals surface area contributed by atoms with Gasteiger partial charge in [0.2, 0.25) is 0 Å². The third-order valence-corrected chi connectivity index (χ3v) is 4.57. The Morgan fingerprint density at radius 2 is 2.25 bits per heavy atom. The normalized spacial score (nSPS) is 18.5. The smallest absolute Gasteiger partial charge is 0.280 e. The van der Waals surface area contributed by atoms with Crippen LogP contribution in [0, 0.1) is 6.92 Å². The molecule has 1 amide bonds. The summed E-state index contributed by atoms with van der Waals surface area (Å²) in [6.45, 7) is 4.68. The molecule has 0 saturated heterocycles. The van der Waals surface area contributed by atoms with E-state index < -0.39 is 0 Å². The average Bonchev–Trinajstić information content (AvgIpc) is 2.79. The molecule has 2 aromatic rings. The van der Waals surface area contributed by atoms with Gasteiger partial charge in [-0.1, -0.05) is 24.2 Å². The Balaban J connectivity index is 1.99. The molecule has 104 valence electrons. The molecule has 5 heteroatoms. The van der Waals surface area contributed by atoms with Crippen molar-refractivity contribution in [3.8, 4) is 0 Å². The Bertz CT molecular complexity index is 638. The zero-order valence-electron chi connectivity index (χ0n) is 11.5. The van der Waals surface area contributed by atoms with E-state index in [0.29, 0.717) is 23.2 Å². The maximum absolute atomic E-state index is 12.6. The van der Waals surface area contributed by atoms with E-state index in [1.54, 1.807) is 13.0 Å². The number of aromatic nitrogens is 1. The molecule has 0 spiro atoms. The molecule has 0 fully saturated rings. The number of fused-ring (bicyclic) bond motifs is 1. The van der Waals surface area contributed by atoms with Crippen molar-refractivity contribution >= 4 is 23.4 Å². The van der Waals surface area contributed by atoms with Gasteiger partial charge in [-0.15, -0.1) is 11.8 Å². The molecule has 0 aliphatic carbocycles. The van der Waals surface area contributed by atoms with Gasteiger partial charge in [-0.3, -0.25) is 4.79 Å². The lowest BCUT2D eigenvalue weighted by Gasteiger charge is -2.21. The van der Waals surface area contributed by atoms with Crippen molar-refractivity contribution in [1.29, 1.82) is 0 Å². The Kier molecular flexibility index (Phi) is 3.53. The molecule has 3 rings (SSSR count). The van der Waals surface area contributed by atoms with Crippen LogP contribution in [0.1, 0.15) is 29.6 Å². The molecule has 1 unspecified atom stereocenters. The van der Waals surface area contributed by atoms with E-state index >= 15 is 0 Å². The topological polar surface area (TPSA) is 46.3 Å². The Labute approximate surface area is 122 Å². The van der Waals surface area contributed by atoms with Crippen LogP contribution in [0.5, 0.6) is 0 Å². The SMILES string of the molecule is Cc1cc(C(=O)N2CCC(C)Sc3ccccc32)no1. The summed E-state index contributed by atoms with van der Waals surface area (Å²) < 4.78 is 5.01. The number of carbonyl (C=O) groups is 1. The van der Waals surface area contributed by atoms with Gasteiger partial charge in [-0.2, -0.15) is 0 Å². The fourth-order valence-electron chi connectivity index (χ4n) is 2.30. The van der Waals surface area contributed by atoms with Gasteiger partial charge >= 0.3 is 0 Å². The van der Waals surface area contributed by atoms with E-state index in [4.69, 9.17) is 4.52 Å². The predicted molar refractivity (Wildman–Crippen MR) is 79.3 cm³/mol. The summed E-state index contributed by atoms with van der Waals surface area (Å²) in [4.78, 5) is 15.6. The number of rotatable bonds is 1. The number of benzene rings is 1. The standard InChI is InChI=1S/C15H16N2O2S/c1-10-9-12(16-19-10)15(18)17-8-7-11(2)20-14-6-4-3-5-13(14)17/h3-6,9,11H,7-8H2,1-2H3. The van der Waals surface area contributed by atoms with Crippen molar-refractivity contribution in [1.82, 2.24) is 5.16 Å². The molecule has 0 bridgehead atoms. The highest BCUT2D eigenvalue weighted by molar-refractivity contribution is 8.00. The van der Waals surface area contributed by atoms with Gasteiger partial charge < -0.3 is 9.42 Å². The number of amides is 1. The third-order valence-electron chi connectivity index (χ3n) is 3.34. The number of aryl methyl sites for hydroxylation is 1. The minimum atomic E-state index is -0.0935. The second-order valence-electron chi connectivity index (χ2n) is 4.96. The average molecular weight is 288 g/mol. The summed E-state index contributed by atoms with van der Waals surface area (Å²) in [7, 11) is 0. The van der Waals surface area contributed by atoms with Gasteiger partial charge in [0.05, 0.1) is 5.69 Å². The summed E-state index contributed by atoms with van der Waals surface area (Å²) in [6, 6.07) is 9.71. The summed E-state index contributed by atoms with van der Waals surface area (Å²) in [6.07, 6.45) is 0.960. The lowest BCUT2D eigenvalue weighted by atomic mass is 10.2. The lowest BCUT2D eigenvalue weighted by molar-refractivity contribution is 0.0977. The van der Waals surface area contributed by atoms with E-state index in [1.165, 1.54) is 0 Å². The monoisotopic (exact) mass is 288 g/mol. The molecule has 0 saturated carbocycles. The third kappa shape index (κ3) is 2.45. The molecule has 0 radical (unpaired) electrons. The van der Waals surface area contributed by atoms with E-state index in [2.05, 4.69) is 18.1 Å². The molecule has 1 aliphatic rings. The molecule has 1 aliphatic heterocycles. The van der Waals surface area contributed by atoms with Crippen LogP contribution in [0.2, 0.25) is 0 Å². The quantitative estimate of drug-likeness (QED) is 0.805. The fourth-order valence-corrected chi connectivity index (χ4v) is 3.42. The van der Waals surface area contributed by atoms with Crippen LogP contribution in [0.4, 0.5) is 5.69 Å². The first-order chi connectivity index (χ1) is 9.65. The first-order valence-corrected chi connectivity index (χ1v) is 7.54. The van der Waals surface area contributed by atoms with Gasteiger partial charge in [0.1, 0.15) is 5.76 Å². The van der Waals surface area contributed by atoms with Crippen molar-refractivity contribution in [2.45, 2.75) is 30.4 Å². The summed E-state index contributed by atoms with van der Waals surface area (Å²) in [5.41, 5.74) is 1.34. The number of hydrogen-bond acceptors (Lipinski definition) is 4. The van der Waals surface area contributed by atoms with Crippen LogP contribution in [0.25, 0.3) is 0 Å². The Morgan fingerprint density at radius 1 is 1.45 bits per heavy atom. The molecular formula is C15H16N2O2S. The first-order valence-electron chi connectivity index (χ1n) is 6.66. The number of thioether (sulfide) groups is 1. The number of anilines is 1. The van der Waals surface area contributed by atoms with Crippen LogP contribution in [-0.4, -0.2) is 22.9 Å². The van der Waals surface area contributed by atoms with Crippen LogP contribution in [0.15, 0.2) is 39.8 Å². The van der Waals surface area contributed by atoms with Gasteiger partial charge in [0.25, 0.3) is 5.91 Å². The molecule has 1 aromatic heterocycles. The van der Waals surface area contributed by atoms with Crippen LogP contribution in [0.3, 0.4) is 0 Å².